The lowest BCUT2D eigenvalue weighted by Gasteiger charge is -2.13. The van der Waals surface area contributed by atoms with Gasteiger partial charge in [-0.15, -0.1) is 0 Å². The first kappa shape index (κ1) is 15.6. The fraction of sp³-hybridized carbons (Fsp3) is 0.188. The molecule has 0 bridgehead atoms. The average molecular weight is 330 g/mol. The molecule has 1 N–H and O–H groups in total. The highest BCUT2D eigenvalue weighted by molar-refractivity contribution is 5.97. The standard InChI is InChI=1S/C16H14N2O6/c1-10(24-16(20)11-4-6-18(21)7-5-11)15(19)17-12-2-3-13-14(8-12)23-9-22-13/h2-8,10H,9H2,1H3,(H,17,19)/t10-/m1/s1. The minimum absolute atomic E-state index is 0.140. The van der Waals surface area contributed by atoms with E-state index in [4.69, 9.17) is 14.2 Å². The summed E-state index contributed by atoms with van der Waals surface area (Å²) in [7, 11) is 0. The molecule has 0 fully saturated rings. The number of aromatic nitrogens is 1. The maximum Gasteiger partial charge on any atom is 0.339 e. The van der Waals surface area contributed by atoms with Gasteiger partial charge in [-0.25, -0.2) is 4.79 Å². The summed E-state index contributed by atoms with van der Waals surface area (Å²) < 4.78 is 16.0. The average Bonchev–Trinajstić information content (AvgIpc) is 3.03. The number of pyridine rings is 1. The molecule has 1 aliphatic heterocycles. The molecule has 0 saturated carbocycles. The molecule has 0 spiro atoms. The minimum Gasteiger partial charge on any atom is -0.619 e. The van der Waals surface area contributed by atoms with Crippen molar-refractivity contribution < 1.29 is 28.5 Å². The lowest BCUT2D eigenvalue weighted by atomic mass is 10.2. The first-order valence-corrected chi connectivity index (χ1v) is 7.13. The molecule has 0 radical (unpaired) electrons. The number of esters is 1. The summed E-state index contributed by atoms with van der Waals surface area (Å²) in [5, 5.41) is 13.6. The Morgan fingerprint density at radius 3 is 2.67 bits per heavy atom. The number of amides is 1. The molecule has 1 aromatic heterocycles. The molecule has 1 aromatic carbocycles. The maximum atomic E-state index is 12.1. The van der Waals surface area contributed by atoms with Gasteiger partial charge in [-0.05, 0) is 19.1 Å². The van der Waals surface area contributed by atoms with E-state index in [0.29, 0.717) is 21.9 Å². The van der Waals surface area contributed by atoms with Crippen molar-refractivity contribution in [2.24, 2.45) is 0 Å². The normalized spacial score (nSPS) is 13.2. The van der Waals surface area contributed by atoms with Crippen LogP contribution < -0.4 is 19.5 Å². The molecule has 2 heterocycles. The number of hydrogen-bond donors (Lipinski definition) is 1. The van der Waals surface area contributed by atoms with Crippen LogP contribution in [0.25, 0.3) is 0 Å². The quantitative estimate of drug-likeness (QED) is 0.514. The topological polar surface area (TPSA) is 101 Å². The van der Waals surface area contributed by atoms with Crippen molar-refractivity contribution in [2.75, 3.05) is 12.1 Å². The SMILES string of the molecule is C[C@@H](OC(=O)c1cc[n+]([O-])cc1)C(=O)Nc1ccc2c(c1)OCO2. The molecule has 2 aromatic rings. The highest BCUT2D eigenvalue weighted by atomic mass is 16.7. The van der Waals surface area contributed by atoms with Crippen molar-refractivity contribution in [3.63, 3.8) is 0 Å². The first-order valence-electron chi connectivity index (χ1n) is 7.13. The minimum atomic E-state index is -1.01. The number of fused-ring (bicyclic) bond motifs is 1. The van der Waals surface area contributed by atoms with E-state index in [-0.39, 0.29) is 12.4 Å². The van der Waals surface area contributed by atoms with E-state index in [9.17, 15) is 14.8 Å². The number of carbonyl (C=O) groups is 2. The van der Waals surface area contributed by atoms with Crippen LogP contribution in [0.3, 0.4) is 0 Å². The fourth-order valence-corrected chi connectivity index (χ4v) is 2.05. The number of hydrogen-bond acceptors (Lipinski definition) is 6. The Morgan fingerprint density at radius 2 is 1.92 bits per heavy atom. The molecule has 0 aliphatic carbocycles. The van der Waals surface area contributed by atoms with E-state index >= 15 is 0 Å². The molecule has 3 rings (SSSR count). The second kappa shape index (κ2) is 6.45. The summed E-state index contributed by atoms with van der Waals surface area (Å²) >= 11 is 0. The molecule has 1 aliphatic rings. The van der Waals surface area contributed by atoms with Crippen LogP contribution in [-0.4, -0.2) is 24.8 Å². The molecule has 1 amide bonds. The van der Waals surface area contributed by atoms with E-state index in [1.165, 1.54) is 31.5 Å². The Hall–Kier alpha value is -3.29. The summed E-state index contributed by atoms with van der Waals surface area (Å²) in [4.78, 5) is 24.0. The first-order chi connectivity index (χ1) is 11.5. The Balaban J connectivity index is 1.60. The molecular formula is C16H14N2O6. The Morgan fingerprint density at radius 1 is 1.21 bits per heavy atom. The second-order valence-electron chi connectivity index (χ2n) is 5.05. The van der Waals surface area contributed by atoms with Crippen LogP contribution in [0.2, 0.25) is 0 Å². The van der Waals surface area contributed by atoms with Crippen LogP contribution in [-0.2, 0) is 9.53 Å². The monoisotopic (exact) mass is 330 g/mol. The third-order valence-electron chi connectivity index (χ3n) is 3.33. The zero-order chi connectivity index (χ0) is 17.1. The van der Waals surface area contributed by atoms with Crippen molar-refractivity contribution in [2.45, 2.75) is 13.0 Å². The van der Waals surface area contributed by atoms with Crippen LogP contribution in [0.5, 0.6) is 11.5 Å². The molecule has 8 nitrogen and oxygen atoms in total. The van der Waals surface area contributed by atoms with Gasteiger partial charge in [0.25, 0.3) is 5.91 Å². The molecule has 8 heteroatoms. The number of rotatable bonds is 4. The Bertz CT molecular complexity index is 775. The van der Waals surface area contributed by atoms with Crippen LogP contribution in [0.4, 0.5) is 5.69 Å². The van der Waals surface area contributed by atoms with Gasteiger partial charge >= 0.3 is 5.97 Å². The van der Waals surface area contributed by atoms with Gasteiger partial charge < -0.3 is 24.7 Å². The number of nitrogens with zero attached hydrogens (tertiary/aromatic N) is 1. The van der Waals surface area contributed by atoms with Gasteiger partial charge in [-0.2, -0.15) is 4.73 Å². The summed E-state index contributed by atoms with van der Waals surface area (Å²) in [6.45, 7) is 1.60. The van der Waals surface area contributed by atoms with E-state index in [1.807, 2.05) is 0 Å². The molecule has 24 heavy (non-hydrogen) atoms. The smallest absolute Gasteiger partial charge is 0.339 e. The highest BCUT2D eigenvalue weighted by Gasteiger charge is 2.21. The van der Waals surface area contributed by atoms with Gasteiger partial charge in [-0.1, -0.05) is 0 Å². The molecule has 0 unspecified atom stereocenters. The van der Waals surface area contributed by atoms with E-state index in [0.717, 1.165) is 0 Å². The zero-order valence-corrected chi connectivity index (χ0v) is 12.7. The van der Waals surface area contributed by atoms with Gasteiger partial charge in [0.1, 0.15) is 0 Å². The third-order valence-corrected chi connectivity index (χ3v) is 3.33. The predicted octanol–water partition coefficient (Wildman–Crippen LogP) is 1.23. The van der Waals surface area contributed by atoms with Crippen molar-refractivity contribution in [1.82, 2.24) is 0 Å². The number of anilines is 1. The van der Waals surface area contributed by atoms with E-state index < -0.39 is 18.0 Å². The van der Waals surface area contributed by atoms with Gasteiger partial charge in [0, 0.05) is 23.9 Å². The molecule has 1 atom stereocenters. The van der Waals surface area contributed by atoms with E-state index in [1.54, 1.807) is 18.2 Å². The third kappa shape index (κ3) is 3.37. The van der Waals surface area contributed by atoms with Gasteiger partial charge in [0.15, 0.2) is 30.0 Å². The fourth-order valence-electron chi connectivity index (χ4n) is 2.05. The summed E-state index contributed by atoms with van der Waals surface area (Å²) in [6, 6.07) is 7.59. The highest BCUT2D eigenvalue weighted by Crippen LogP contribution is 2.34. The van der Waals surface area contributed by atoms with E-state index in [2.05, 4.69) is 5.32 Å². The largest absolute Gasteiger partial charge is 0.619 e. The summed E-state index contributed by atoms with van der Waals surface area (Å²) in [5.41, 5.74) is 0.684. The van der Waals surface area contributed by atoms with Crippen LogP contribution in [0.15, 0.2) is 42.7 Å². The van der Waals surface area contributed by atoms with Crippen molar-refractivity contribution >= 4 is 17.6 Å². The summed E-state index contributed by atoms with van der Waals surface area (Å²) in [5.74, 6) is -0.0409. The predicted molar refractivity (Wildman–Crippen MR) is 81.5 cm³/mol. The number of carbonyl (C=O) groups excluding carboxylic acids is 2. The lowest BCUT2D eigenvalue weighted by Crippen LogP contribution is -2.30. The zero-order valence-electron chi connectivity index (χ0n) is 12.7. The number of benzene rings is 1. The Kier molecular flexibility index (Phi) is 4.19. The lowest BCUT2D eigenvalue weighted by molar-refractivity contribution is -0.605. The second-order valence-corrected chi connectivity index (χ2v) is 5.05. The van der Waals surface area contributed by atoms with Gasteiger partial charge in [0.2, 0.25) is 6.79 Å². The van der Waals surface area contributed by atoms with Crippen LogP contribution in [0, 0.1) is 5.21 Å². The van der Waals surface area contributed by atoms with Crippen LogP contribution in [0.1, 0.15) is 17.3 Å². The molecular weight excluding hydrogens is 316 g/mol. The van der Waals surface area contributed by atoms with Gasteiger partial charge in [-0.3, -0.25) is 4.79 Å². The Labute approximate surface area is 137 Å². The number of ether oxygens (including phenoxy) is 3. The van der Waals surface area contributed by atoms with Crippen molar-refractivity contribution in [3.05, 3.63) is 53.5 Å². The van der Waals surface area contributed by atoms with Gasteiger partial charge in [0.05, 0.1) is 5.56 Å². The maximum absolute atomic E-state index is 12.1. The summed E-state index contributed by atoms with van der Waals surface area (Å²) in [6.07, 6.45) is 1.34. The number of nitrogens with one attached hydrogen (secondary N) is 1. The molecule has 124 valence electrons. The van der Waals surface area contributed by atoms with Crippen molar-refractivity contribution in [3.8, 4) is 11.5 Å². The van der Waals surface area contributed by atoms with Crippen LogP contribution >= 0.6 is 0 Å². The van der Waals surface area contributed by atoms with Crippen molar-refractivity contribution in [1.29, 1.82) is 0 Å². The molecule has 0 saturated heterocycles.